The Bertz CT molecular complexity index is 734. The van der Waals surface area contributed by atoms with Gasteiger partial charge in [-0.2, -0.15) is 0 Å². The predicted molar refractivity (Wildman–Crippen MR) is 102 cm³/mol. The third-order valence-electron chi connectivity index (χ3n) is 5.30. The molecule has 0 saturated carbocycles. The molecule has 0 spiro atoms. The van der Waals surface area contributed by atoms with Gasteiger partial charge in [0.05, 0.1) is 12.6 Å². The fourth-order valence-electron chi connectivity index (χ4n) is 3.75. The largest absolute Gasteiger partial charge is 0.383 e. The second-order valence-electron chi connectivity index (χ2n) is 7.47. The summed E-state index contributed by atoms with van der Waals surface area (Å²) < 4.78 is 7.48. The molecule has 1 amide bonds. The SMILES string of the molecule is COCC(C)n1c(CCCC(=O)N2CCC(C)CC2)nc2cccnc21. The normalized spacial score (nSPS) is 17.0. The zero-order valence-electron chi connectivity index (χ0n) is 16.1. The van der Waals surface area contributed by atoms with Crippen LogP contribution in [0.3, 0.4) is 0 Å². The van der Waals surface area contributed by atoms with E-state index in [-0.39, 0.29) is 11.9 Å². The molecule has 0 radical (unpaired) electrons. The zero-order valence-corrected chi connectivity index (χ0v) is 16.1. The molecular formula is C20H30N4O2. The fraction of sp³-hybridized carbons (Fsp3) is 0.650. The minimum atomic E-state index is 0.161. The number of carbonyl (C=O) groups excluding carboxylic acids is 1. The summed E-state index contributed by atoms with van der Waals surface area (Å²) in [6.45, 7) is 6.81. The highest BCUT2D eigenvalue weighted by Gasteiger charge is 2.21. The molecule has 2 aromatic rings. The molecule has 0 bridgehead atoms. The number of likely N-dealkylation sites (tertiary alicyclic amines) is 1. The van der Waals surface area contributed by atoms with E-state index in [2.05, 4.69) is 23.4 Å². The first-order chi connectivity index (χ1) is 12.6. The molecule has 1 unspecified atom stereocenters. The van der Waals surface area contributed by atoms with Gasteiger partial charge in [0.25, 0.3) is 0 Å². The lowest BCUT2D eigenvalue weighted by Crippen LogP contribution is -2.37. The summed E-state index contributed by atoms with van der Waals surface area (Å²) in [5.41, 5.74) is 1.80. The average molecular weight is 358 g/mol. The van der Waals surface area contributed by atoms with Gasteiger partial charge in [0, 0.05) is 39.2 Å². The number of methoxy groups -OCH3 is 1. The molecule has 2 aromatic heterocycles. The van der Waals surface area contributed by atoms with Crippen molar-refractivity contribution in [1.82, 2.24) is 19.4 Å². The zero-order chi connectivity index (χ0) is 18.5. The molecule has 1 aliphatic heterocycles. The Hall–Kier alpha value is -1.95. The Morgan fingerprint density at radius 1 is 1.38 bits per heavy atom. The van der Waals surface area contributed by atoms with Crippen LogP contribution in [-0.4, -0.2) is 52.1 Å². The van der Waals surface area contributed by atoms with Gasteiger partial charge in [-0.15, -0.1) is 0 Å². The highest BCUT2D eigenvalue weighted by molar-refractivity contribution is 5.76. The first-order valence-electron chi connectivity index (χ1n) is 9.68. The Labute approximate surface area is 155 Å². The van der Waals surface area contributed by atoms with E-state index in [0.717, 1.165) is 61.7 Å². The van der Waals surface area contributed by atoms with Gasteiger partial charge < -0.3 is 14.2 Å². The number of hydrogen-bond acceptors (Lipinski definition) is 4. The fourth-order valence-corrected chi connectivity index (χ4v) is 3.75. The molecule has 3 heterocycles. The topological polar surface area (TPSA) is 60.2 Å². The Balaban J connectivity index is 1.65. The van der Waals surface area contributed by atoms with E-state index >= 15 is 0 Å². The number of amides is 1. The Kier molecular flexibility index (Phi) is 6.25. The molecule has 6 heteroatoms. The maximum atomic E-state index is 12.5. The Morgan fingerprint density at radius 2 is 2.15 bits per heavy atom. The van der Waals surface area contributed by atoms with Gasteiger partial charge in [-0.1, -0.05) is 6.92 Å². The number of piperidine rings is 1. The second kappa shape index (κ2) is 8.62. The van der Waals surface area contributed by atoms with E-state index in [9.17, 15) is 4.79 Å². The smallest absolute Gasteiger partial charge is 0.222 e. The van der Waals surface area contributed by atoms with Gasteiger partial charge in [0.15, 0.2) is 5.65 Å². The lowest BCUT2D eigenvalue weighted by Gasteiger charge is -2.30. The van der Waals surface area contributed by atoms with E-state index in [1.165, 1.54) is 0 Å². The maximum absolute atomic E-state index is 12.5. The monoisotopic (exact) mass is 358 g/mol. The minimum absolute atomic E-state index is 0.161. The van der Waals surface area contributed by atoms with Crippen LogP contribution in [0.2, 0.25) is 0 Å². The molecule has 0 aromatic carbocycles. The molecule has 1 aliphatic rings. The first kappa shape index (κ1) is 18.8. The predicted octanol–water partition coefficient (Wildman–Crippen LogP) is 3.22. The number of nitrogens with zero attached hydrogens (tertiary/aromatic N) is 4. The summed E-state index contributed by atoms with van der Waals surface area (Å²) in [6, 6.07) is 4.06. The van der Waals surface area contributed by atoms with Crippen LogP contribution < -0.4 is 0 Å². The summed E-state index contributed by atoms with van der Waals surface area (Å²) in [7, 11) is 1.71. The van der Waals surface area contributed by atoms with Crippen LogP contribution in [0.5, 0.6) is 0 Å². The third kappa shape index (κ3) is 4.23. The second-order valence-corrected chi connectivity index (χ2v) is 7.47. The number of pyridine rings is 1. The third-order valence-corrected chi connectivity index (χ3v) is 5.30. The number of imidazole rings is 1. The van der Waals surface area contributed by atoms with Gasteiger partial charge >= 0.3 is 0 Å². The van der Waals surface area contributed by atoms with Crippen molar-refractivity contribution < 1.29 is 9.53 Å². The number of carbonyl (C=O) groups is 1. The first-order valence-corrected chi connectivity index (χ1v) is 9.68. The van der Waals surface area contributed by atoms with Crippen molar-refractivity contribution in [2.75, 3.05) is 26.8 Å². The molecule has 1 fully saturated rings. The number of ether oxygens (including phenoxy) is 1. The summed E-state index contributed by atoms with van der Waals surface area (Å²) in [6.07, 6.45) is 6.23. The average Bonchev–Trinajstić information content (AvgIpc) is 3.00. The molecule has 0 aliphatic carbocycles. The molecule has 1 saturated heterocycles. The van der Waals surface area contributed by atoms with Crippen LogP contribution >= 0.6 is 0 Å². The van der Waals surface area contributed by atoms with Crippen molar-refractivity contribution in [3.05, 3.63) is 24.2 Å². The van der Waals surface area contributed by atoms with E-state index < -0.39 is 0 Å². The lowest BCUT2D eigenvalue weighted by atomic mass is 9.99. The van der Waals surface area contributed by atoms with Crippen molar-refractivity contribution in [2.45, 2.75) is 52.0 Å². The number of aryl methyl sites for hydroxylation is 1. The van der Waals surface area contributed by atoms with Crippen molar-refractivity contribution in [2.24, 2.45) is 5.92 Å². The summed E-state index contributed by atoms with van der Waals surface area (Å²) in [4.78, 5) is 23.7. The molecule has 6 nitrogen and oxygen atoms in total. The molecule has 3 rings (SSSR count). The minimum Gasteiger partial charge on any atom is -0.383 e. The Morgan fingerprint density at radius 3 is 2.88 bits per heavy atom. The standard InChI is InChI=1S/C20H30N4O2/c1-15-9-12-23(13-10-15)19(25)8-4-7-18-22-17-6-5-11-21-20(17)24(18)16(2)14-26-3/h5-6,11,15-16H,4,7-10,12-14H2,1-3H3. The van der Waals surface area contributed by atoms with Crippen LogP contribution in [-0.2, 0) is 16.0 Å². The van der Waals surface area contributed by atoms with Gasteiger partial charge in [-0.25, -0.2) is 9.97 Å². The van der Waals surface area contributed by atoms with E-state index in [4.69, 9.17) is 9.72 Å². The maximum Gasteiger partial charge on any atom is 0.222 e. The van der Waals surface area contributed by atoms with Gasteiger partial charge in [0.1, 0.15) is 11.3 Å². The van der Waals surface area contributed by atoms with Crippen molar-refractivity contribution >= 4 is 17.1 Å². The van der Waals surface area contributed by atoms with Crippen LogP contribution in [0.4, 0.5) is 0 Å². The quantitative estimate of drug-likeness (QED) is 0.762. The number of fused-ring (bicyclic) bond motifs is 1. The molecule has 0 N–H and O–H groups in total. The van der Waals surface area contributed by atoms with Gasteiger partial charge in [-0.3, -0.25) is 4.79 Å². The summed E-state index contributed by atoms with van der Waals surface area (Å²) in [5.74, 6) is 2.01. The highest BCUT2D eigenvalue weighted by atomic mass is 16.5. The van der Waals surface area contributed by atoms with Crippen LogP contribution in [0, 0.1) is 5.92 Å². The molecule has 142 valence electrons. The number of aromatic nitrogens is 3. The van der Waals surface area contributed by atoms with Crippen LogP contribution in [0.1, 0.15) is 51.4 Å². The molecule has 1 atom stereocenters. The highest BCUT2D eigenvalue weighted by Crippen LogP contribution is 2.22. The van der Waals surface area contributed by atoms with Crippen LogP contribution in [0.25, 0.3) is 11.2 Å². The van der Waals surface area contributed by atoms with Crippen molar-refractivity contribution in [3.8, 4) is 0 Å². The summed E-state index contributed by atoms with van der Waals surface area (Å²) in [5, 5.41) is 0. The van der Waals surface area contributed by atoms with Crippen molar-refractivity contribution in [1.29, 1.82) is 0 Å². The summed E-state index contributed by atoms with van der Waals surface area (Å²) >= 11 is 0. The van der Waals surface area contributed by atoms with E-state index in [0.29, 0.717) is 13.0 Å². The van der Waals surface area contributed by atoms with E-state index in [1.807, 2.05) is 17.0 Å². The molecular weight excluding hydrogens is 328 g/mol. The lowest BCUT2D eigenvalue weighted by molar-refractivity contribution is -0.132. The van der Waals surface area contributed by atoms with Gasteiger partial charge in [0.2, 0.25) is 5.91 Å². The molecule has 26 heavy (non-hydrogen) atoms. The van der Waals surface area contributed by atoms with E-state index in [1.54, 1.807) is 13.3 Å². The van der Waals surface area contributed by atoms with Crippen molar-refractivity contribution in [3.63, 3.8) is 0 Å². The van der Waals surface area contributed by atoms with Crippen LogP contribution in [0.15, 0.2) is 18.3 Å². The van der Waals surface area contributed by atoms with Gasteiger partial charge in [-0.05, 0) is 44.2 Å². The number of hydrogen-bond donors (Lipinski definition) is 0. The number of rotatable bonds is 7.